The summed E-state index contributed by atoms with van der Waals surface area (Å²) >= 11 is 0. The Labute approximate surface area is 147 Å². The second-order valence-corrected chi connectivity index (χ2v) is 6.46. The highest BCUT2D eigenvalue weighted by Crippen LogP contribution is 2.37. The number of hydrogen-bond acceptors (Lipinski definition) is 4. The molecule has 3 rings (SSSR count). The third-order valence-electron chi connectivity index (χ3n) is 4.59. The van der Waals surface area contributed by atoms with Crippen LogP contribution in [0.3, 0.4) is 0 Å². The highest BCUT2D eigenvalue weighted by Gasteiger charge is 2.38. The molecule has 1 aromatic heterocycles. The van der Waals surface area contributed by atoms with Gasteiger partial charge in [0.05, 0.1) is 11.2 Å². The Morgan fingerprint density at radius 2 is 2.12 bits per heavy atom. The molecule has 0 aliphatic heterocycles. The molecule has 6 heteroatoms. The van der Waals surface area contributed by atoms with Gasteiger partial charge >= 0.3 is 6.03 Å². The molecule has 0 spiro atoms. The van der Waals surface area contributed by atoms with E-state index in [-0.39, 0.29) is 11.9 Å². The Kier molecular flexibility index (Phi) is 4.94. The van der Waals surface area contributed by atoms with Crippen LogP contribution in [0.15, 0.2) is 36.5 Å². The van der Waals surface area contributed by atoms with Crippen LogP contribution in [-0.2, 0) is 12.1 Å². The molecule has 0 radical (unpaired) electrons. The molecule has 2 aromatic rings. The van der Waals surface area contributed by atoms with Gasteiger partial charge in [-0.25, -0.2) is 14.8 Å². The molecule has 1 aromatic carbocycles. The van der Waals surface area contributed by atoms with Crippen LogP contribution < -0.4 is 10.6 Å². The number of aryl methyl sites for hydroxylation is 1. The summed E-state index contributed by atoms with van der Waals surface area (Å²) in [7, 11) is 0. The van der Waals surface area contributed by atoms with Gasteiger partial charge in [-0.2, -0.15) is 5.26 Å². The molecule has 25 heavy (non-hydrogen) atoms. The number of carbonyl (C=O) groups is 1. The van der Waals surface area contributed by atoms with E-state index >= 15 is 0 Å². The van der Waals surface area contributed by atoms with Gasteiger partial charge < -0.3 is 10.6 Å². The minimum absolute atomic E-state index is 0.130. The molecule has 1 aliphatic carbocycles. The minimum atomic E-state index is -0.523. The predicted octanol–water partition coefficient (Wildman–Crippen LogP) is 2.93. The molecule has 1 fully saturated rings. The molecule has 0 bridgehead atoms. The van der Waals surface area contributed by atoms with E-state index < -0.39 is 5.54 Å². The Morgan fingerprint density at radius 1 is 1.32 bits per heavy atom. The summed E-state index contributed by atoms with van der Waals surface area (Å²) in [5, 5.41) is 15.0. The van der Waals surface area contributed by atoms with E-state index in [0.717, 1.165) is 36.8 Å². The largest absolute Gasteiger partial charge is 0.334 e. The number of nitrogens with zero attached hydrogens (tertiary/aromatic N) is 3. The summed E-state index contributed by atoms with van der Waals surface area (Å²) in [6, 6.07) is 11.6. The van der Waals surface area contributed by atoms with Crippen molar-refractivity contribution in [2.75, 3.05) is 0 Å². The van der Waals surface area contributed by atoms with Gasteiger partial charge in [-0.3, -0.25) is 0 Å². The van der Waals surface area contributed by atoms with Gasteiger partial charge in [0.1, 0.15) is 6.07 Å². The van der Waals surface area contributed by atoms with E-state index in [9.17, 15) is 4.79 Å². The van der Waals surface area contributed by atoms with E-state index in [0.29, 0.717) is 12.2 Å². The lowest BCUT2D eigenvalue weighted by atomic mass is 9.93. The van der Waals surface area contributed by atoms with Crippen molar-refractivity contribution in [3.63, 3.8) is 0 Å². The third kappa shape index (κ3) is 3.94. The standard InChI is InChI=1S/C19H21N5O/c1-14-5-4-6-15(11-14)13-22-18(25)24-19(8-2-3-9-19)16-7-10-21-17(12-20)23-16/h4-7,10-11H,2-3,8-9,13H2,1H3,(H2,22,24,25). The quantitative estimate of drug-likeness (QED) is 0.899. The highest BCUT2D eigenvalue weighted by atomic mass is 16.2. The highest BCUT2D eigenvalue weighted by molar-refractivity contribution is 5.75. The molecular formula is C19H21N5O. The van der Waals surface area contributed by atoms with Gasteiger partial charge in [-0.15, -0.1) is 0 Å². The fourth-order valence-corrected chi connectivity index (χ4v) is 3.37. The van der Waals surface area contributed by atoms with Crippen LogP contribution in [-0.4, -0.2) is 16.0 Å². The average Bonchev–Trinajstić information content (AvgIpc) is 3.10. The SMILES string of the molecule is Cc1cccc(CNC(=O)NC2(c3ccnc(C#N)n3)CCCC2)c1. The first kappa shape index (κ1) is 16.9. The second kappa shape index (κ2) is 7.31. The van der Waals surface area contributed by atoms with Crippen molar-refractivity contribution in [3.8, 4) is 6.07 Å². The Hall–Kier alpha value is -2.94. The van der Waals surface area contributed by atoms with Crippen molar-refractivity contribution in [1.82, 2.24) is 20.6 Å². The summed E-state index contributed by atoms with van der Waals surface area (Å²) in [6.45, 7) is 2.50. The maximum absolute atomic E-state index is 12.5. The summed E-state index contributed by atoms with van der Waals surface area (Å²) in [5.41, 5.74) is 2.41. The third-order valence-corrected chi connectivity index (χ3v) is 4.59. The lowest BCUT2D eigenvalue weighted by Gasteiger charge is -2.29. The van der Waals surface area contributed by atoms with Crippen molar-refractivity contribution in [2.24, 2.45) is 0 Å². The first-order valence-electron chi connectivity index (χ1n) is 8.46. The van der Waals surface area contributed by atoms with Crippen molar-refractivity contribution in [3.05, 3.63) is 59.2 Å². The number of nitrogens with one attached hydrogen (secondary N) is 2. The van der Waals surface area contributed by atoms with Gasteiger partial charge in [-0.1, -0.05) is 42.7 Å². The van der Waals surface area contributed by atoms with E-state index in [1.165, 1.54) is 0 Å². The van der Waals surface area contributed by atoms with Gasteiger partial charge in [0.2, 0.25) is 5.82 Å². The minimum Gasteiger partial charge on any atom is -0.334 e. The molecular weight excluding hydrogens is 314 g/mol. The summed E-state index contributed by atoms with van der Waals surface area (Å²) in [6.07, 6.45) is 5.24. The summed E-state index contributed by atoms with van der Waals surface area (Å²) < 4.78 is 0. The van der Waals surface area contributed by atoms with Crippen LogP contribution >= 0.6 is 0 Å². The first-order valence-corrected chi connectivity index (χ1v) is 8.46. The van der Waals surface area contributed by atoms with E-state index in [1.807, 2.05) is 31.2 Å². The molecule has 128 valence electrons. The zero-order valence-electron chi connectivity index (χ0n) is 14.2. The van der Waals surface area contributed by atoms with Crippen LogP contribution in [0.1, 0.15) is 48.3 Å². The van der Waals surface area contributed by atoms with Gasteiger partial charge in [-0.05, 0) is 31.4 Å². The molecule has 0 saturated heterocycles. The molecule has 2 N–H and O–H groups in total. The number of benzene rings is 1. The lowest BCUT2D eigenvalue weighted by molar-refractivity contribution is 0.223. The predicted molar refractivity (Wildman–Crippen MR) is 93.4 cm³/mol. The molecule has 2 amide bonds. The molecule has 0 atom stereocenters. The van der Waals surface area contributed by atoms with Crippen molar-refractivity contribution >= 4 is 6.03 Å². The van der Waals surface area contributed by atoms with E-state index in [1.54, 1.807) is 12.3 Å². The monoisotopic (exact) mass is 335 g/mol. The van der Waals surface area contributed by atoms with E-state index in [4.69, 9.17) is 5.26 Å². The topological polar surface area (TPSA) is 90.7 Å². The zero-order chi connectivity index (χ0) is 17.7. The number of carbonyl (C=O) groups excluding carboxylic acids is 1. The molecule has 1 heterocycles. The number of urea groups is 1. The van der Waals surface area contributed by atoms with Gasteiger partial charge in [0, 0.05) is 12.7 Å². The number of amides is 2. The number of aromatic nitrogens is 2. The van der Waals surface area contributed by atoms with Gasteiger partial charge in [0.15, 0.2) is 0 Å². The maximum atomic E-state index is 12.5. The van der Waals surface area contributed by atoms with Crippen molar-refractivity contribution in [2.45, 2.75) is 44.7 Å². The Morgan fingerprint density at radius 3 is 2.84 bits per heavy atom. The number of nitriles is 1. The van der Waals surface area contributed by atoms with Gasteiger partial charge in [0.25, 0.3) is 0 Å². The summed E-state index contributed by atoms with van der Waals surface area (Å²) in [4.78, 5) is 20.7. The Bertz CT molecular complexity index is 805. The van der Waals surface area contributed by atoms with E-state index in [2.05, 4.69) is 26.7 Å². The normalized spacial score (nSPS) is 15.4. The van der Waals surface area contributed by atoms with Crippen LogP contribution in [0.5, 0.6) is 0 Å². The van der Waals surface area contributed by atoms with Crippen LogP contribution in [0, 0.1) is 18.3 Å². The fourth-order valence-electron chi connectivity index (χ4n) is 3.37. The number of rotatable bonds is 4. The lowest BCUT2D eigenvalue weighted by Crippen LogP contribution is -2.48. The first-order chi connectivity index (χ1) is 12.1. The van der Waals surface area contributed by atoms with Crippen molar-refractivity contribution < 1.29 is 4.79 Å². The average molecular weight is 335 g/mol. The fraction of sp³-hybridized carbons (Fsp3) is 0.368. The Balaban J connectivity index is 1.71. The molecule has 0 unspecified atom stereocenters. The smallest absolute Gasteiger partial charge is 0.315 e. The molecule has 1 aliphatic rings. The molecule has 6 nitrogen and oxygen atoms in total. The van der Waals surface area contributed by atoms with Crippen LogP contribution in [0.2, 0.25) is 0 Å². The molecule has 1 saturated carbocycles. The van der Waals surface area contributed by atoms with Crippen LogP contribution in [0.25, 0.3) is 0 Å². The number of hydrogen-bond donors (Lipinski definition) is 2. The van der Waals surface area contributed by atoms with Crippen LogP contribution in [0.4, 0.5) is 4.79 Å². The summed E-state index contributed by atoms with van der Waals surface area (Å²) in [5.74, 6) is 0.130. The second-order valence-electron chi connectivity index (χ2n) is 6.46. The maximum Gasteiger partial charge on any atom is 0.315 e. The zero-order valence-corrected chi connectivity index (χ0v) is 14.2. The van der Waals surface area contributed by atoms with Crippen molar-refractivity contribution in [1.29, 1.82) is 5.26 Å².